The number of rotatable bonds is 3. The number of fused-ring (bicyclic) bond motifs is 1. The minimum atomic E-state index is -0.315. The Balaban J connectivity index is 1.67. The molecule has 7 heteroatoms. The summed E-state index contributed by atoms with van der Waals surface area (Å²) < 4.78 is 19.1. The van der Waals surface area contributed by atoms with Crippen LogP contribution in [-0.2, 0) is 6.42 Å². The summed E-state index contributed by atoms with van der Waals surface area (Å²) in [5, 5.41) is 0. The highest BCUT2D eigenvalue weighted by Crippen LogP contribution is 2.34. The maximum atomic E-state index is 13.9. The first kappa shape index (κ1) is 16.4. The van der Waals surface area contributed by atoms with Crippen molar-refractivity contribution in [1.82, 2.24) is 19.9 Å². The molecular weight excluding hydrogens is 333 g/mol. The molecule has 1 aliphatic heterocycles. The van der Waals surface area contributed by atoms with E-state index in [-0.39, 0.29) is 11.9 Å². The second-order valence-corrected chi connectivity index (χ2v) is 6.14. The molecule has 4 rings (SSSR count). The molecule has 1 aliphatic rings. The molecule has 0 amide bonds. The third-order valence-corrected chi connectivity index (χ3v) is 4.60. The van der Waals surface area contributed by atoms with Gasteiger partial charge >= 0.3 is 0 Å². The monoisotopic (exact) mass is 351 g/mol. The van der Waals surface area contributed by atoms with Gasteiger partial charge in [-0.05, 0) is 19.1 Å². The Kier molecular flexibility index (Phi) is 4.20. The lowest BCUT2D eigenvalue weighted by molar-refractivity contribution is 0.411. The largest absolute Gasteiger partial charge is 0.497 e. The van der Waals surface area contributed by atoms with Gasteiger partial charge in [-0.1, -0.05) is 0 Å². The van der Waals surface area contributed by atoms with Crippen molar-refractivity contribution in [2.45, 2.75) is 19.4 Å². The van der Waals surface area contributed by atoms with Crippen LogP contribution in [0.2, 0.25) is 0 Å². The SMILES string of the molecule is COc1cc(F)cc(N2CCc3nc(-c4ncccn4)ncc3[C@@H]2C)c1. The molecule has 6 nitrogen and oxygen atoms in total. The van der Waals surface area contributed by atoms with Crippen LogP contribution in [0.1, 0.15) is 24.2 Å². The number of halogens is 1. The van der Waals surface area contributed by atoms with E-state index in [1.807, 2.05) is 12.3 Å². The van der Waals surface area contributed by atoms with E-state index in [9.17, 15) is 4.39 Å². The predicted octanol–water partition coefficient (Wildman–Crippen LogP) is 3.21. The van der Waals surface area contributed by atoms with E-state index in [0.717, 1.165) is 29.9 Å². The van der Waals surface area contributed by atoms with Crippen molar-refractivity contribution in [2.24, 2.45) is 0 Å². The van der Waals surface area contributed by atoms with E-state index >= 15 is 0 Å². The summed E-state index contributed by atoms with van der Waals surface area (Å²) in [5.74, 6) is 1.23. The highest BCUT2D eigenvalue weighted by atomic mass is 19.1. The van der Waals surface area contributed by atoms with Crippen molar-refractivity contribution in [3.8, 4) is 17.4 Å². The molecule has 0 saturated carbocycles. The maximum Gasteiger partial charge on any atom is 0.197 e. The minimum Gasteiger partial charge on any atom is -0.497 e. The normalized spacial score (nSPS) is 16.3. The molecule has 1 atom stereocenters. The minimum absolute atomic E-state index is 0.0241. The fourth-order valence-electron chi connectivity index (χ4n) is 3.27. The van der Waals surface area contributed by atoms with E-state index in [2.05, 4.69) is 31.8 Å². The molecule has 0 saturated heterocycles. The van der Waals surface area contributed by atoms with Crippen LogP contribution in [0.4, 0.5) is 10.1 Å². The zero-order chi connectivity index (χ0) is 18.1. The number of methoxy groups -OCH3 is 1. The number of hydrogen-bond acceptors (Lipinski definition) is 6. The second kappa shape index (κ2) is 6.67. The maximum absolute atomic E-state index is 13.9. The van der Waals surface area contributed by atoms with Gasteiger partial charge in [0.15, 0.2) is 11.6 Å². The zero-order valence-corrected chi connectivity index (χ0v) is 14.6. The molecule has 0 fully saturated rings. The Bertz CT molecular complexity index is 934. The summed E-state index contributed by atoms with van der Waals surface area (Å²) in [4.78, 5) is 19.6. The number of benzene rings is 1. The molecule has 0 spiro atoms. The van der Waals surface area contributed by atoms with E-state index < -0.39 is 0 Å². The molecule has 0 aliphatic carbocycles. The smallest absolute Gasteiger partial charge is 0.197 e. The third kappa shape index (κ3) is 2.96. The third-order valence-electron chi connectivity index (χ3n) is 4.60. The number of nitrogens with zero attached hydrogens (tertiary/aromatic N) is 5. The number of aromatic nitrogens is 4. The standard InChI is InChI=1S/C19H18FN5O/c1-12-16-11-23-19(18-21-5-3-6-22-18)24-17(16)4-7-25(12)14-8-13(20)9-15(10-14)26-2/h3,5-6,8-12H,4,7H2,1-2H3/t12-/m0/s1. The average Bonchev–Trinajstić information content (AvgIpc) is 2.68. The van der Waals surface area contributed by atoms with Crippen LogP contribution in [0.3, 0.4) is 0 Å². The molecule has 0 radical (unpaired) electrons. The zero-order valence-electron chi connectivity index (χ0n) is 14.6. The predicted molar refractivity (Wildman–Crippen MR) is 95.5 cm³/mol. The van der Waals surface area contributed by atoms with Crippen LogP contribution in [0.5, 0.6) is 5.75 Å². The highest BCUT2D eigenvalue weighted by molar-refractivity contribution is 5.55. The molecule has 3 heterocycles. The fourth-order valence-corrected chi connectivity index (χ4v) is 3.27. The molecule has 132 valence electrons. The van der Waals surface area contributed by atoms with Gasteiger partial charge in [0.1, 0.15) is 11.6 Å². The number of ether oxygens (including phenoxy) is 1. The number of hydrogen-bond donors (Lipinski definition) is 0. The summed E-state index contributed by atoms with van der Waals surface area (Å²) >= 11 is 0. The Morgan fingerprint density at radius 2 is 1.92 bits per heavy atom. The van der Waals surface area contributed by atoms with Crippen molar-refractivity contribution in [2.75, 3.05) is 18.6 Å². The lowest BCUT2D eigenvalue weighted by Gasteiger charge is -2.36. The summed E-state index contributed by atoms with van der Waals surface area (Å²) in [6.45, 7) is 2.80. The first-order chi connectivity index (χ1) is 12.7. The van der Waals surface area contributed by atoms with Gasteiger partial charge in [-0.25, -0.2) is 24.3 Å². The van der Waals surface area contributed by atoms with Gasteiger partial charge in [-0.15, -0.1) is 0 Å². The Morgan fingerprint density at radius 3 is 2.69 bits per heavy atom. The van der Waals surface area contributed by atoms with Gasteiger partial charge in [-0.2, -0.15) is 0 Å². The molecule has 26 heavy (non-hydrogen) atoms. The van der Waals surface area contributed by atoms with Crippen LogP contribution >= 0.6 is 0 Å². The van der Waals surface area contributed by atoms with Gasteiger partial charge < -0.3 is 9.64 Å². The molecular formula is C19H18FN5O. The van der Waals surface area contributed by atoms with Gasteiger partial charge in [0.2, 0.25) is 0 Å². The van der Waals surface area contributed by atoms with E-state index in [4.69, 9.17) is 4.74 Å². The van der Waals surface area contributed by atoms with Crippen molar-refractivity contribution < 1.29 is 9.13 Å². The van der Waals surface area contributed by atoms with E-state index in [1.54, 1.807) is 18.5 Å². The van der Waals surface area contributed by atoms with Crippen molar-refractivity contribution in [3.05, 3.63) is 59.9 Å². The first-order valence-electron chi connectivity index (χ1n) is 8.40. The molecule has 3 aromatic rings. The number of anilines is 1. The molecule has 0 N–H and O–H groups in total. The van der Waals surface area contributed by atoms with Gasteiger partial charge in [0, 0.05) is 54.9 Å². The molecule has 0 unspecified atom stereocenters. The molecule has 0 bridgehead atoms. The summed E-state index contributed by atoms with van der Waals surface area (Å²) in [6.07, 6.45) is 5.90. The van der Waals surface area contributed by atoms with Gasteiger partial charge in [0.05, 0.1) is 18.8 Å². The average molecular weight is 351 g/mol. The van der Waals surface area contributed by atoms with E-state index in [0.29, 0.717) is 17.4 Å². The van der Waals surface area contributed by atoms with Crippen LogP contribution in [0.25, 0.3) is 11.6 Å². The summed E-state index contributed by atoms with van der Waals surface area (Å²) in [5.41, 5.74) is 2.80. The molecule has 1 aromatic carbocycles. The van der Waals surface area contributed by atoms with Gasteiger partial charge in [0.25, 0.3) is 0 Å². The van der Waals surface area contributed by atoms with Crippen LogP contribution in [-0.4, -0.2) is 33.6 Å². The van der Waals surface area contributed by atoms with E-state index in [1.165, 1.54) is 19.2 Å². The quantitative estimate of drug-likeness (QED) is 0.722. The van der Waals surface area contributed by atoms with Crippen LogP contribution < -0.4 is 9.64 Å². The lowest BCUT2D eigenvalue weighted by Crippen LogP contribution is -2.34. The first-order valence-corrected chi connectivity index (χ1v) is 8.40. The van der Waals surface area contributed by atoms with Crippen molar-refractivity contribution in [1.29, 1.82) is 0 Å². The Labute approximate surface area is 150 Å². The van der Waals surface area contributed by atoms with Gasteiger partial charge in [-0.3, -0.25) is 0 Å². The Hall–Kier alpha value is -3.09. The van der Waals surface area contributed by atoms with Crippen molar-refractivity contribution >= 4 is 5.69 Å². The Morgan fingerprint density at radius 1 is 1.12 bits per heavy atom. The fraction of sp³-hybridized carbons (Fsp3) is 0.263. The topological polar surface area (TPSA) is 64.0 Å². The van der Waals surface area contributed by atoms with Crippen molar-refractivity contribution in [3.63, 3.8) is 0 Å². The van der Waals surface area contributed by atoms with Crippen LogP contribution in [0, 0.1) is 5.82 Å². The summed E-state index contributed by atoms with van der Waals surface area (Å²) in [7, 11) is 1.54. The molecule has 2 aromatic heterocycles. The lowest BCUT2D eigenvalue weighted by atomic mass is 9.98. The van der Waals surface area contributed by atoms with Crippen LogP contribution in [0.15, 0.2) is 42.9 Å². The summed E-state index contributed by atoms with van der Waals surface area (Å²) in [6, 6.07) is 6.53. The highest BCUT2D eigenvalue weighted by Gasteiger charge is 2.27. The second-order valence-electron chi connectivity index (χ2n) is 6.14.